The number of morpholine rings is 1. The Balaban J connectivity index is 1.69. The average Bonchev–Trinajstić information content (AvgIpc) is 2.57. The Morgan fingerprint density at radius 3 is 2.50 bits per heavy atom. The van der Waals surface area contributed by atoms with E-state index in [1.54, 1.807) is 24.3 Å². The molecule has 0 spiro atoms. The number of carbonyl (C=O) groups is 1. The lowest BCUT2D eigenvalue weighted by Crippen LogP contribution is -2.46. The van der Waals surface area contributed by atoms with E-state index in [9.17, 15) is 9.18 Å². The molecule has 2 N–H and O–H groups in total. The van der Waals surface area contributed by atoms with Crippen LogP contribution >= 0.6 is 0 Å². The van der Waals surface area contributed by atoms with Gasteiger partial charge in [0.1, 0.15) is 11.9 Å². The van der Waals surface area contributed by atoms with E-state index in [0.29, 0.717) is 25.2 Å². The molecule has 1 aliphatic heterocycles. The zero-order chi connectivity index (χ0) is 17.1. The lowest BCUT2D eigenvalue weighted by Gasteiger charge is -2.37. The second-order valence-electron chi connectivity index (χ2n) is 6.20. The molecule has 0 radical (unpaired) electrons. The smallest absolute Gasteiger partial charge is 0.227 e. The molecule has 126 valence electrons. The van der Waals surface area contributed by atoms with Crippen molar-refractivity contribution in [2.75, 3.05) is 18.8 Å². The van der Waals surface area contributed by atoms with Gasteiger partial charge in [-0.2, -0.15) is 0 Å². The number of ether oxygens (including phenoxy) is 1. The predicted molar refractivity (Wildman–Crippen MR) is 90.8 cm³/mol. The van der Waals surface area contributed by atoms with Gasteiger partial charge in [-0.3, -0.25) is 4.79 Å². The molecule has 0 saturated carbocycles. The lowest BCUT2D eigenvalue weighted by atomic mass is 10.1. The van der Waals surface area contributed by atoms with Crippen LogP contribution in [0.1, 0.15) is 24.2 Å². The maximum absolute atomic E-state index is 13.1. The Morgan fingerprint density at radius 2 is 1.83 bits per heavy atom. The van der Waals surface area contributed by atoms with Gasteiger partial charge in [0.05, 0.1) is 19.1 Å². The van der Waals surface area contributed by atoms with Crippen LogP contribution in [0.2, 0.25) is 0 Å². The Morgan fingerprint density at radius 1 is 1.17 bits per heavy atom. The summed E-state index contributed by atoms with van der Waals surface area (Å²) >= 11 is 0. The standard InChI is InChI=1S/C19H21FN2O2/c1-13-11-22(19(23)10-14-2-8-17(21)9-3-14)12-18(24-13)15-4-6-16(20)7-5-15/h2-9,13,18H,10-12,21H2,1H3. The summed E-state index contributed by atoms with van der Waals surface area (Å²) in [5.41, 5.74) is 8.18. The molecule has 0 bridgehead atoms. The van der Waals surface area contributed by atoms with Crippen LogP contribution in [0, 0.1) is 5.82 Å². The molecular weight excluding hydrogens is 307 g/mol. The first-order chi connectivity index (χ1) is 11.5. The Hall–Kier alpha value is -2.40. The highest BCUT2D eigenvalue weighted by Gasteiger charge is 2.29. The zero-order valence-corrected chi connectivity index (χ0v) is 13.6. The first-order valence-electron chi connectivity index (χ1n) is 8.04. The molecule has 1 heterocycles. The fourth-order valence-corrected chi connectivity index (χ4v) is 2.94. The van der Waals surface area contributed by atoms with Crippen LogP contribution in [-0.4, -0.2) is 30.0 Å². The van der Waals surface area contributed by atoms with E-state index in [-0.39, 0.29) is 23.9 Å². The Bertz CT molecular complexity index is 700. The fourth-order valence-electron chi connectivity index (χ4n) is 2.94. The lowest BCUT2D eigenvalue weighted by molar-refractivity contribution is -0.144. The minimum absolute atomic E-state index is 0.0574. The van der Waals surface area contributed by atoms with Gasteiger partial charge in [0.25, 0.3) is 0 Å². The molecule has 0 aliphatic carbocycles. The van der Waals surface area contributed by atoms with Crippen LogP contribution in [0.25, 0.3) is 0 Å². The van der Waals surface area contributed by atoms with Crippen LogP contribution in [0.4, 0.5) is 10.1 Å². The Kier molecular flexibility index (Phi) is 4.81. The van der Waals surface area contributed by atoms with Gasteiger partial charge >= 0.3 is 0 Å². The highest BCUT2D eigenvalue weighted by atomic mass is 19.1. The molecule has 4 nitrogen and oxygen atoms in total. The monoisotopic (exact) mass is 328 g/mol. The van der Waals surface area contributed by atoms with Gasteiger partial charge in [0.15, 0.2) is 0 Å². The topological polar surface area (TPSA) is 55.6 Å². The molecule has 2 aromatic rings. The number of nitrogens with zero attached hydrogens (tertiary/aromatic N) is 1. The van der Waals surface area contributed by atoms with Crippen molar-refractivity contribution in [3.63, 3.8) is 0 Å². The van der Waals surface area contributed by atoms with E-state index in [4.69, 9.17) is 10.5 Å². The van der Waals surface area contributed by atoms with Gasteiger partial charge in [-0.25, -0.2) is 4.39 Å². The van der Waals surface area contributed by atoms with Crippen molar-refractivity contribution in [1.29, 1.82) is 0 Å². The second kappa shape index (κ2) is 7.01. The number of benzene rings is 2. The van der Waals surface area contributed by atoms with Crippen molar-refractivity contribution in [1.82, 2.24) is 4.90 Å². The van der Waals surface area contributed by atoms with Gasteiger partial charge < -0.3 is 15.4 Å². The molecule has 5 heteroatoms. The third-order valence-corrected chi connectivity index (χ3v) is 4.19. The van der Waals surface area contributed by atoms with Gasteiger partial charge in [0, 0.05) is 12.2 Å². The number of hydrogen-bond acceptors (Lipinski definition) is 3. The number of nitrogen functional groups attached to an aromatic ring is 1. The maximum Gasteiger partial charge on any atom is 0.227 e. The molecule has 24 heavy (non-hydrogen) atoms. The first-order valence-corrected chi connectivity index (χ1v) is 8.04. The number of hydrogen-bond donors (Lipinski definition) is 1. The van der Waals surface area contributed by atoms with Crippen LogP contribution in [0.15, 0.2) is 48.5 Å². The molecular formula is C19H21FN2O2. The van der Waals surface area contributed by atoms with Crippen LogP contribution in [-0.2, 0) is 16.0 Å². The number of anilines is 1. The van der Waals surface area contributed by atoms with E-state index in [2.05, 4.69) is 0 Å². The van der Waals surface area contributed by atoms with Crippen molar-refractivity contribution in [3.05, 3.63) is 65.5 Å². The third kappa shape index (κ3) is 3.92. The van der Waals surface area contributed by atoms with E-state index in [0.717, 1.165) is 11.1 Å². The number of rotatable bonds is 3. The normalized spacial score (nSPS) is 20.8. The molecule has 2 unspecified atom stereocenters. The quantitative estimate of drug-likeness (QED) is 0.882. The van der Waals surface area contributed by atoms with Crippen molar-refractivity contribution < 1.29 is 13.9 Å². The SMILES string of the molecule is CC1CN(C(=O)Cc2ccc(N)cc2)CC(c2ccc(F)cc2)O1. The van der Waals surface area contributed by atoms with Gasteiger partial charge in [-0.15, -0.1) is 0 Å². The minimum atomic E-state index is -0.279. The molecule has 1 saturated heterocycles. The summed E-state index contributed by atoms with van der Waals surface area (Å²) in [4.78, 5) is 14.4. The van der Waals surface area contributed by atoms with Crippen molar-refractivity contribution in [3.8, 4) is 0 Å². The van der Waals surface area contributed by atoms with Crippen molar-refractivity contribution >= 4 is 11.6 Å². The highest BCUT2D eigenvalue weighted by molar-refractivity contribution is 5.79. The van der Waals surface area contributed by atoms with Crippen LogP contribution in [0.3, 0.4) is 0 Å². The fraction of sp³-hybridized carbons (Fsp3) is 0.316. The molecule has 1 aliphatic rings. The van der Waals surface area contributed by atoms with Gasteiger partial charge in [0.2, 0.25) is 5.91 Å². The summed E-state index contributed by atoms with van der Waals surface area (Å²) in [6.45, 7) is 2.98. The molecule has 0 aromatic heterocycles. The predicted octanol–water partition coefficient (Wildman–Crippen LogP) is 2.94. The maximum atomic E-state index is 13.1. The molecule has 2 atom stereocenters. The van der Waals surface area contributed by atoms with Crippen molar-refractivity contribution in [2.45, 2.75) is 25.6 Å². The average molecular weight is 328 g/mol. The number of halogens is 1. The van der Waals surface area contributed by atoms with Crippen LogP contribution in [0.5, 0.6) is 0 Å². The van der Waals surface area contributed by atoms with E-state index in [1.165, 1.54) is 12.1 Å². The number of nitrogens with two attached hydrogens (primary N) is 1. The molecule has 2 aromatic carbocycles. The third-order valence-electron chi connectivity index (χ3n) is 4.19. The summed E-state index contributed by atoms with van der Waals surface area (Å²) in [5.74, 6) is -0.221. The molecule has 1 amide bonds. The number of amides is 1. The van der Waals surface area contributed by atoms with Gasteiger partial charge in [-0.05, 0) is 42.3 Å². The second-order valence-corrected chi connectivity index (χ2v) is 6.20. The molecule has 3 rings (SSSR count). The summed E-state index contributed by atoms with van der Waals surface area (Å²) < 4.78 is 19.0. The summed E-state index contributed by atoms with van der Waals surface area (Å²) in [6, 6.07) is 13.6. The minimum Gasteiger partial charge on any atom is -0.399 e. The van der Waals surface area contributed by atoms with E-state index < -0.39 is 0 Å². The summed E-state index contributed by atoms with van der Waals surface area (Å²) in [7, 11) is 0. The molecule has 1 fully saturated rings. The number of carbonyl (C=O) groups excluding carboxylic acids is 1. The largest absolute Gasteiger partial charge is 0.399 e. The summed E-state index contributed by atoms with van der Waals surface area (Å²) in [6.07, 6.45) is 0.0391. The van der Waals surface area contributed by atoms with Crippen LogP contribution < -0.4 is 5.73 Å². The van der Waals surface area contributed by atoms with E-state index >= 15 is 0 Å². The summed E-state index contributed by atoms with van der Waals surface area (Å²) in [5, 5.41) is 0. The van der Waals surface area contributed by atoms with Crippen molar-refractivity contribution in [2.24, 2.45) is 0 Å². The first kappa shape index (κ1) is 16.5. The zero-order valence-electron chi connectivity index (χ0n) is 13.6. The Labute approximate surface area is 141 Å². The highest BCUT2D eigenvalue weighted by Crippen LogP contribution is 2.26. The van der Waals surface area contributed by atoms with Gasteiger partial charge in [-0.1, -0.05) is 24.3 Å². The van der Waals surface area contributed by atoms with E-state index in [1.807, 2.05) is 24.0 Å².